The Morgan fingerprint density at radius 3 is 2.63 bits per heavy atom. The lowest BCUT2D eigenvalue weighted by Gasteiger charge is -2.06. The Morgan fingerprint density at radius 1 is 1.11 bits per heavy atom. The van der Waals surface area contributed by atoms with Crippen LogP contribution >= 0.6 is 0 Å². The normalized spacial score (nSPS) is 12.5. The molecule has 2 heteroatoms. The van der Waals surface area contributed by atoms with Crippen molar-refractivity contribution in [3.05, 3.63) is 59.9 Å². The molecule has 1 heterocycles. The van der Waals surface area contributed by atoms with Crippen molar-refractivity contribution in [3.63, 3.8) is 0 Å². The van der Waals surface area contributed by atoms with E-state index in [0.29, 0.717) is 0 Å². The maximum absolute atomic E-state index is 6.03. The van der Waals surface area contributed by atoms with E-state index in [2.05, 4.69) is 60.3 Å². The van der Waals surface area contributed by atoms with Crippen molar-refractivity contribution in [2.75, 3.05) is 0 Å². The van der Waals surface area contributed by atoms with Gasteiger partial charge in [-0.1, -0.05) is 37.3 Å². The van der Waals surface area contributed by atoms with Crippen LogP contribution in [-0.4, -0.2) is 4.57 Å². The van der Waals surface area contributed by atoms with Crippen LogP contribution in [0.5, 0.6) is 0 Å². The molecule has 0 aliphatic carbocycles. The molecule has 0 saturated carbocycles. The van der Waals surface area contributed by atoms with Gasteiger partial charge in [-0.15, -0.1) is 0 Å². The standard InChI is InChI=1S/C17H24N2/c1-2-17(18)16-11-13-19(14-16)12-7-6-10-15-8-4-3-5-9-15/h3-5,8-9,11,13-14,17H,2,6-7,10,12,18H2,1H3. The van der Waals surface area contributed by atoms with E-state index in [0.717, 1.165) is 13.0 Å². The van der Waals surface area contributed by atoms with Gasteiger partial charge in [0.2, 0.25) is 0 Å². The lowest BCUT2D eigenvalue weighted by molar-refractivity contribution is 0.607. The summed E-state index contributed by atoms with van der Waals surface area (Å²) in [4.78, 5) is 0. The number of hydrogen-bond donors (Lipinski definition) is 1. The minimum Gasteiger partial charge on any atom is -0.354 e. The second-order valence-corrected chi connectivity index (χ2v) is 5.14. The Hall–Kier alpha value is -1.54. The molecule has 2 aromatic rings. The van der Waals surface area contributed by atoms with Crippen LogP contribution in [-0.2, 0) is 13.0 Å². The summed E-state index contributed by atoms with van der Waals surface area (Å²) in [5.41, 5.74) is 8.71. The molecule has 0 fully saturated rings. The van der Waals surface area contributed by atoms with E-state index in [1.54, 1.807) is 0 Å². The largest absolute Gasteiger partial charge is 0.354 e. The maximum Gasteiger partial charge on any atom is 0.0307 e. The molecule has 0 spiro atoms. The first kappa shape index (κ1) is 13.9. The molecule has 0 saturated heterocycles. The quantitative estimate of drug-likeness (QED) is 0.748. The van der Waals surface area contributed by atoms with E-state index in [9.17, 15) is 0 Å². The zero-order chi connectivity index (χ0) is 13.5. The summed E-state index contributed by atoms with van der Waals surface area (Å²) in [6.45, 7) is 3.21. The number of aryl methyl sites for hydroxylation is 2. The summed E-state index contributed by atoms with van der Waals surface area (Å²) in [6, 6.07) is 13.0. The molecule has 0 aliphatic heterocycles. The van der Waals surface area contributed by atoms with Crippen molar-refractivity contribution in [1.82, 2.24) is 4.57 Å². The molecule has 2 rings (SSSR count). The zero-order valence-electron chi connectivity index (χ0n) is 11.8. The topological polar surface area (TPSA) is 30.9 Å². The van der Waals surface area contributed by atoms with Gasteiger partial charge < -0.3 is 10.3 Å². The average molecular weight is 256 g/mol. The molecule has 1 aromatic carbocycles. The van der Waals surface area contributed by atoms with Gasteiger partial charge in [-0.05, 0) is 42.9 Å². The minimum atomic E-state index is 0.186. The van der Waals surface area contributed by atoms with Crippen LogP contribution in [0.25, 0.3) is 0 Å². The Balaban J connectivity index is 1.72. The minimum absolute atomic E-state index is 0.186. The highest BCUT2D eigenvalue weighted by Gasteiger charge is 2.04. The second kappa shape index (κ2) is 7.15. The van der Waals surface area contributed by atoms with Crippen molar-refractivity contribution in [2.45, 2.75) is 45.2 Å². The van der Waals surface area contributed by atoms with Crippen molar-refractivity contribution in [3.8, 4) is 0 Å². The van der Waals surface area contributed by atoms with Crippen molar-refractivity contribution in [2.24, 2.45) is 5.73 Å². The number of rotatable bonds is 7. The average Bonchev–Trinajstić information content (AvgIpc) is 2.93. The monoisotopic (exact) mass is 256 g/mol. The smallest absolute Gasteiger partial charge is 0.0307 e. The molecule has 0 amide bonds. The third-order valence-corrected chi connectivity index (χ3v) is 3.62. The molecule has 0 aliphatic rings. The predicted octanol–water partition coefficient (Wildman–Crippen LogP) is 3.92. The van der Waals surface area contributed by atoms with Crippen LogP contribution in [0.2, 0.25) is 0 Å². The van der Waals surface area contributed by atoms with Crippen LogP contribution < -0.4 is 5.73 Å². The third-order valence-electron chi connectivity index (χ3n) is 3.62. The Labute approximate surface area is 116 Å². The number of aromatic nitrogens is 1. The SMILES string of the molecule is CCC(N)c1ccn(CCCCc2ccccc2)c1. The lowest BCUT2D eigenvalue weighted by atomic mass is 10.1. The Morgan fingerprint density at radius 2 is 1.89 bits per heavy atom. The van der Waals surface area contributed by atoms with Gasteiger partial charge in [0, 0.05) is 25.0 Å². The van der Waals surface area contributed by atoms with Crippen LogP contribution in [0.15, 0.2) is 48.8 Å². The van der Waals surface area contributed by atoms with E-state index >= 15 is 0 Å². The number of nitrogens with zero attached hydrogens (tertiary/aromatic N) is 1. The first-order chi connectivity index (χ1) is 9.29. The fourth-order valence-corrected chi connectivity index (χ4v) is 2.32. The summed E-state index contributed by atoms with van der Waals surface area (Å²) in [5.74, 6) is 0. The van der Waals surface area contributed by atoms with Crippen LogP contribution in [0.4, 0.5) is 0 Å². The molecule has 19 heavy (non-hydrogen) atoms. The fourth-order valence-electron chi connectivity index (χ4n) is 2.32. The third kappa shape index (κ3) is 4.25. The van der Waals surface area contributed by atoms with Gasteiger partial charge in [0.05, 0.1) is 0 Å². The van der Waals surface area contributed by atoms with Gasteiger partial charge in [-0.3, -0.25) is 0 Å². The number of nitrogens with two attached hydrogens (primary N) is 1. The molecule has 0 radical (unpaired) electrons. The first-order valence-electron chi connectivity index (χ1n) is 7.24. The molecule has 1 atom stereocenters. The highest BCUT2D eigenvalue weighted by molar-refractivity contribution is 5.15. The number of benzene rings is 1. The van der Waals surface area contributed by atoms with E-state index in [1.807, 2.05) is 0 Å². The highest BCUT2D eigenvalue weighted by Crippen LogP contribution is 2.14. The van der Waals surface area contributed by atoms with Gasteiger partial charge >= 0.3 is 0 Å². The summed E-state index contributed by atoms with van der Waals surface area (Å²) in [6.07, 6.45) is 8.95. The molecule has 0 bridgehead atoms. The highest BCUT2D eigenvalue weighted by atomic mass is 14.9. The zero-order valence-corrected chi connectivity index (χ0v) is 11.8. The number of unbranched alkanes of at least 4 members (excludes halogenated alkanes) is 1. The summed E-state index contributed by atoms with van der Waals surface area (Å²) in [7, 11) is 0. The molecule has 1 unspecified atom stereocenters. The van der Waals surface area contributed by atoms with Gasteiger partial charge in [0.15, 0.2) is 0 Å². The predicted molar refractivity (Wildman–Crippen MR) is 81.0 cm³/mol. The van der Waals surface area contributed by atoms with Crippen LogP contribution in [0.3, 0.4) is 0 Å². The molecule has 1 aromatic heterocycles. The van der Waals surface area contributed by atoms with Gasteiger partial charge in [0.25, 0.3) is 0 Å². The molecule has 2 nitrogen and oxygen atoms in total. The van der Waals surface area contributed by atoms with Crippen molar-refractivity contribution >= 4 is 0 Å². The van der Waals surface area contributed by atoms with Gasteiger partial charge in [-0.25, -0.2) is 0 Å². The summed E-state index contributed by atoms with van der Waals surface area (Å²) >= 11 is 0. The van der Waals surface area contributed by atoms with E-state index in [4.69, 9.17) is 5.73 Å². The molecular formula is C17H24N2. The van der Waals surface area contributed by atoms with E-state index in [-0.39, 0.29) is 6.04 Å². The first-order valence-corrected chi connectivity index (χ1v) is 7.24. The van der Waals surface area contributed by atoms with Gasteiger partial charge in [0.1, 0.15) is 0 Å². The van der Waals surface area contributed by atoms with Gasteiger partial charge in [-0.2, -0.15) is 0 Å². The van der Waals surface area contributed by atoms with E-state index < -0.39 is 0 Å². The number of hydrogen-bond acceptors (Lipinski definition) is 1. The van der Waals surface area contributed by atoms with Crippen LogP contribution in [0, 0.1) is 0 Å². The van der Waals surface area contributed by atoms with Crippen molar-refractivity contribution < 1.29 is 0 Å². The molecule has 102 valence electrons. The molecule has 2 N–H and O–H groups in total. The fraction of sp³-hybridized carbons (Fsp3) is 0.412. The molecular weight excluding hydrogens is 232 g/mol. The van der Waals surface area contributed by atoms with E-state index in [1.165, 1.54) is 30.4 Å². The lowest BCUT2D eigenvalue weighted by Crippen LogP contribution is -2.07. The Kier molecular flexibility index (Phi) is 5.22. The Bertz CT molecular complexity index is 473. The van der Waals surface area contributed by atoms with Crippen molar-refractivity contribution in [1.29, 1.82) is 0 Å². The second-order valence-electron chi connectivity index (χ2n) is 5.14. The maximum atomic E-state index is 6.03. The summed E-state index contributed by atoms with van der Waals surface area (Å²) in [5, 5.41) is 0. The summed E-state index contributed by atoms with van der Waals surface area (Å²) < 4.78 is 2.26. The van der Waals surface area contributed by atoms with Crippen LogP contribution in [0.1, 0.15) is 43.4 Å².